The SMILES string of the molecule is CC1OCCC1SCc1nc(C(C)(C)N)no1. The number of hydrogen-bond donors (Lipinski definition) is 1. The Balaban J connectivity index is 1.89. The number of ether oxygens (including phenoxy) is 1. The van der Waals surface area contributed by atoms with Crippen molar-refractivity contribution in [3.05, 3.63) is 11.7 Å². The Morgan fingerprint density at radius 1 is 1.53 bits per heavy atom. The Morgan fingerprint density at radius 3 is 2.82 bits per heavy atom. The summed E-state index contributed by atoms with van der Waals surface area (Å²) in [5.74, 6) is 1.92. The van der Waals surface area contributed by atoms with Gasteiger partial charge < -0.3 is 15.0 Å². The van der Waals surface area contributed by atoms with Crippen molar-refractivity contribution in [3.63, 3.8) is 0 Å². The van der Waals surface area contributed by atoms with E-state index in [0.717, 1.165) is 18.8 Å². The summed E-state index contributed by atoms with van der Waals surface area (Å²) in [6, 6.07) is 0. The molecule has 0 spiro atoms. The molecule has 2 unspecified atom stereocenters. The zero-order chi connectivity index (χ0) is 12.5. The lowest BCUT2D eigenvalue weighted by molar-refractivity contribution is 0.127. The summed E-state index contributed by atoms with van der Waals surface area (Å²) in [5, 5.41) is 4.42. The number of rotatable bonds is 4. The van der Waals surface area contributed by atoms with Crippen molar-refractivity contribution >= 4 is 11.8 Å². The van der Waals surface area contributed by atoms with Gasteiger partial charge in [0.05, 0.1) is 17.4 Å². The van der Waals surface area contributed by atoms with Gasteiger partial charge in [-0.15, -0.1) is 11.8 Å². The van der Waals surface area contributed by atoms with E-state index in [4.69, 9.17) is 15.0 Å². The molecule has 1 saturated heterocycles. The van der Waals surface area contributed by atoms with Gasteiger partial charge in [-0.25, -0.2) is 0 Å². The summed E-state index contributed by atoms with van der Waals surface area (Å²) >= 11 is 1.81. The van der Waals surface area contributed by atoms with Crippen LogP contribution in [0.5, 0.6) is 0 Å². The van der Waals surface area contributed by atoms with Gasteiger partial charge in [-0.1, -0.05) is 5.16 Å². The quantitative estimate of drug-likeness (QED) is 0.884. The topological polar surface area (TPSA) is 74.2 Å². The molecule has 2 N–H and O–H groups in total. The zero-order valence-corrected chi connectivity index (χ0v) is 11.3. The van der Waals surface area contributed by atoms with Gasteiger partial charge in [0, 0.05) is 11.9 Å². The molecule has 1 aliphatic heterocycles. The number of aromatic nitrogens is 2. The van der Waals surface area contributed by atoms with Gasteiger partial charge in [-0.05, 0) is 27.2 Å². The molecule has 17 heavy (non-hydrogen) atoms. The van der Waals surface area contributed by atoms with E-state index in [1.165, 1.54) is 0 Å². The molecule has 0 aliphatic carbocycles. The Bertz CT molecular complexity index is 375. The van der Waals surface area contributed by atoms with E-state index in [9.17, 15) is 0 Å². The first-order chi connectivity index (χ1) is 7.97. The highest BCUT2D eigenvalue weighted by molar-refractivity contribution is 7.99. The highest BCUT2D eigenvalue weighted by Crippen LogP contribution is 2.28. The molecule has 1 aliphatic rings. The standard InChI is InChI=1S/C11H19N3O2S/c1-7-8(4-5-15-7)17-6-9-13-10(14-16-9)11(2,3)12/h7-8H,4-6,12H2,1-3H3. The van der Waals surface area contributed by atoms with Crippen LogP contribution < -0.4 is 5.73 Å². The van der Waals surface area contributed by atoms with E-state index in [1.54, 1.807) is 0 Å². The Hall–Kier alpha value is -0.590. The van der Waals surface area contributed by atoms with Crippen molar-refractivity contribution in [2.45, 2.75) is 49.8 Å². The third-order valence-electron chi connectivity index (χ3n) is 2.77. The molecule has 0 saturated carbocycles. The van der Waals surface area contributed by atoms with Crippen LogP contribution in [0.25, 0.3) is 0 Å². The number of nitrogens with zero attached hydrogens (tertiary/aromatic N) is 2. The minimum absolute atomic E-state index is 0.313. The van der Waals surface area contributed by atoms with Crippen LogP contribution in [0.1, 0.15) is 38.9 Å². The zero-order valence-electron chi connectivity index (χ0n) is 10.5. The summed E-state index contributed by atoms with van der Waals surface area (Å²) in [7, 11) is 0. The lowest BCUT2D eigenvalue weighted by Gasteiger charge is -2.12. The van der Waals surface area contributed by atoms with Crippen LogP contribution in [0.4, 0.5) is 0 Å². The molecule has 5 nitrogen and oxygen atoms in total. The Labute approximate surface area is 105 Å². The van der Waals surface area contributed by atoms with Crippen LogP contribution in [0.15, 0.2) is 4.52 Å². The van der Waals surface area contributed by atoms with E-state index in [1.807, 2.05) is 25.6 Å². The van der Waals surface area contributed by atoms with Gasteiger partial charge in [0.1, 0.15) is 0 Å². The summed E-state index contributed by atoms with van der Waals surface area (Å²) in [6.45, 7) is 6.68. The van der Waals surface area contributed by atoms with Gasteiger partial charge in [-0.3, -0.25) is 0 Å². The molecule has 2 rings (SSSR count). The van der Waals surface area contributed by atoms with Crippen molar-refractivity contribution in [2.75, 3.05) is 6.61 Å². The molecule has 0 radical (unpaired) electrons. The molecule has 1 fully saturated rings. The van der Waals surface area contributed by atoms with Crippen LogP contribution in [-0.2, 0) is 16.0 Å². The van der Waals surface area contributed by atoms with Crippen LogP contribution in [0.2, 0.25) is 0 Å². The molecule has 2 heterocycles. The average molecular weight is 257 g/mol. The molecular formula is C11H19N3O2S. The molecule has 0 aromatic carbocycles. The van der Waals surface area contributed by atoms with E-state index in [2.05, 4.69) is 17.1 Å². The normalized spacial score (nSPS) is 25.4. The predicted molar refractivity (Wildman–Crippen MR) is 66.6 cm³/mol. The lowest BCUT2D eigenvalue weighted by Crippen LogP contribution is -2.30. The summed E-state index contributed by atoms with van der Waals surface area (Å²) in [5.41, 5.74) is 5.35. The predicted octanol–water partition coefficient (Wildman–Crippen LogP) is 1.67. The van der Waals surface area contributed by atoms with Crippen LogP contribution in [-0.4, -0.2) is 28.1 Å². The highest BCUT2D eigenvalue weighted by Gasteiger charge is 2.26. The summed E-state index contributed by atoms with van der Waals surface area (Å²) in [6.07, 6.45) is 1.41. The van der Waals surface area contributed by atoms with Crippen molar-refractivity contribution in [3.8, 4) is 0 Å². The van der Waals surface area contributed by atoms with Crippen molar-refractivity contribution < 1.29 is 9.26 Å². The summed E-state index contributed by atoms with van der Waals surface area (Å²) < 4.78 is 10.7. The smallest absolute Gasteiger partial charge is 0.236 e. The van der Waals surface area contributed by atoms with Gasteiger partial charge >= 0.3 is 0 Å². The second-order valence-electron chi connectivity index (χ2n) is 4.95. The van der Waals surface area contributed by atoms with Crippen LogP contribution >= 0.6 is 11.8 Å². The minimum atomic E-state index is -0.545. The van der Waals surface area contributed by atoms with Crippen molar-refractivity contribution in [2.24, 2.45) is 5.73 Å². The largest absolute Gasteiger partial charge is 0.377 e. The third-order valence-corrected chi connectivity index (χ3v) is 4.23. The van der Waals surface area contributed by atoms with Gasteiger partial charge in [0.15, 0.2) is 5.82 Å². The molecular weight excluding hydrogens is 238 g/mol. The average Bonchev–Trinajstić information content (AvgIpc) is 2.82. The molecule has 2 atom stereocenters. The lowest BCUT2D eigenvalue weighted by atomic mass is 10.1. The summed E-state index contributed by atoms with van der Waals surface area (Å²) in [4.78, 5) is 4.30. The second kappa shape index (κ2) is 4.96. The molecule has 0 amide bonds. The van der Waals surface area contributed by atoms with E-state index >= 15 is 0 Å². The fourth-order valence-corrected chi connectivity index (χ4v) is 2.77. The van der Waals surface area contributed by atoms with Crippen LogP contribution in [0.3, 0.4) is 0 Å². The number of hydrogen-bond acceptors (Lipinski definition) is 6. The molecule has 1 aromatic heterocycles. The van der Waals surface area contributed by atoms with E-state index < -0.39 is 5.54 Å². The first kappa shape index (κ1) is 12.9. The maximum Gasteiger partial charge on any atom is 0.236 e. The van der Waals surface area contributed by atoms with E-state index in [-0.39, 0.29) is 0 Å². The maximum absolute atomic E-state index is 5.90. The molecule has 96 valence electrons. The fourth-order valence-electron chi connectivity index (χ4n) is 1.68. The molecule has 6 heteroatoms. The monoisotopic (exact) mass is 257 g/mol. The number of nitrogens with two attached hydrogens (primary N) is 1. The molecule has 1 aromatic rings. The van der Waals surface area contributed by atoms with Gasteiger partial charge in [0.2, 0.25) is 5.89 Å². The number of thioether (sulfide) groups is 1. The first-order valence-electron chi connectivity index (χ1n) is 5.82. The van der Waals surface area contributed by atoms with Crippen LogP contribution in [0, 0.1) is 0 Å². The molecule has 0 bridgehead atoms. The first-order valence-corrected chi connectivity index (χ1v) is 6.87. The van der Waals surface area contributed by atoms with Crippen molar-refractivity contribution in [1.82, 2.24) is 10.1 Å². The van der Waals surface area contributed by atoms with Gasteiger partial charge in [0.25, 0.3) is 0 Å². The van der Waals surface area contributed by atoms with E-state index in [0.29, 0.717) is 23.1 Å². The van der Waals surface area contributed by atoms with Gasteiger partial charge in [-0.2, -0.15) is 4.98 Å². The Morgan fingerprint density at radius 2 is 2.29 bits per heavy atom. The second-order valence-corrected chi connectivity index (χ2v) is 6.17. The third kappa shape index (κ3) is 3.20. The van der Waals surface area contributed by atoms with Crippen molar-refractivity contribution in [1.29, 1.82) is 0 Å². The maximum atomic E-state index is 5.90. The minimum Gasteiger partial charge on any atom is -0.377 e. The Kier molecular flexibility index (Phi) is 3.75. The fraction of sp³-hybridized carbons (Fsp3) is 0.818. The highest BCUT2D eigenvalue weighted by atomic mass is 32.2.